The molecule has 0 aromatic rings. The van der Waals surface area contributed by atoms with Gasteiger partial charge in [-0.15, -0.1) is 0 Å². The van der Waals surface area contributed by atoms with Crippen molar-refractivity contribution in [3.8, 4) is 0 Å². The monoisotopic (exact) mass is 338 g/mol. The molecule has 0 aliphatic heterocycles. The third-order valence-electron chi connectivity index (χ3n) is 3.76. The lowest BCUT2D eigenvalue weighted by Crippen LogP contribution is -2.08. The van der Waals surface area contributed by atoms with Gasteiger partial charge in [-0.2, -0.15) is 0 Å². The van der Waals surface area contributed by atoms with Crippen LogP contribution < -0.4 is 0 Å². The molecule has 0 radical (unpaired) electrons. The highest BCUT2D eigenvalue weighted by atomic mass is 19.1. The van der Waals surface area contributed by atoms with Crippen molar-refractivity contribution in [2.24, 2.45) is 0 Å². The SMILES string of the molecule is CCC(=C1C=C(F)C(=O)C(F)=C1)C(CC)=C1C=C(F)C(=O)C(F)=C1. The normalized spacial score (nSPS) is 18.1. The molecule has 2 aliphatic rings. The summed E-state index contributed by atoms with van der Waals surface area (Å²) in [6.07, 6.45) is 4.21. The van der Waals surface area contributed by atoms with Crippen LogP contribution in [-0.4, -0.2) is 11.6 Å². The summed E-state index contributed by atoms with van der Waals surface area (Å²) in [5.74, 6) is -7.62. The Morgan fingerprint density at radius 3 is 1.12 bits per heavy atom. The molecule has 2 aliphatic carbocycles. The first-order chi connectivity index (χ1) is 11.3. The molecule has 126 valence electrons. The molecule has 0 saturated carbocycles. The predicted molar refractivity (Wildman–Crippen MR) is 81.4 cm³/mol. The summed E-state index contributed by atoms with van der Waals surface area (Å²) in [5.41, 5.74) is 1.12. The highest BCUT2D eigenvalue weighted by Crippen LogP contribution is 2.33. The summed E-state index contributed by atoms with van der Waals surface area (Å²) in [7, 11) is 0. The maximum atomic E-state index is 13.6. The van der Waals surface area contributed by atoms with E-state index in [1.165, 1.54) is 0 Å². The summed E-state index contributed by atoms with van der Waals surface area (Å²) < 4.78 is 54.2. The van der Waals surface area contributed by atoms with Crippen molar-refractivity contribution in [1.82, 2.24) is 0 Å². The smallest absolute Gasteiger partial charge is 0.249 e. The van der Waals surface area contributed by atoms with Crippen LogP contribution in [0.2, 0.25) is 0 Å². The quantitative estimate of drug-likeness (QED) is 0.680. The second-order valence-electron chi connectivity index (χ2n) is 5.20. The van der Waals surface area contributed by atoms with Crippen LogP contribution in [-0.2, 0) is 9.59 Å². The van der Waals surface area contributed by atoms with Gasteiger partial charge in [0.2, 0.25) is 11.6 Å². The lowest BCUT2D eigenvalue weighted by molar-refractivity contribution is -0.115. The minimum absolute atomic E-state index is 0.121. The van der Waals surface area contributed by atoms with Gasteiger partial charge in [0, 0.05) is 0 Å². The van der Waals surface area contributed by atoms with Gasteiger partial charge in [0.1, 0.15) is 0 Å². The van der Waals surface area contributed by atoms with Crippen LogP contribution in [0.25, 0.3) is 0 Å². The van der Waals surface area contributed by atoms with Crippen molar-refractivity contribution in [2.75, 3.05) is 0 Å². The van der Waals surface area contributed by atoms with Crippen LogP contribution in [0.15, 0.2) is 69.9 Å². The van der Waals surface area contributed by atoms with Gasteiger partial charge in [-0.25, -0.2) is 17.6 Å². The summed E-state index contributed by atoms with van der Waals surface area (Å²) in [6.45, 7) is 3.42. The zero-order valence-corrected chi connectivity index (χ0v) is 13.1. The molecule has 0 N–H and O–H groups in total. The number of Topliss-reactive ketones (excluding diaryl/α,β-unsaturated/α-hetero) is 2. The fourth-order valence-electron chi connectivity index (χ4n) is 2.65. The van der Waals surface area contributed by atoms with Gasteiger partial charge >= 0.3 is 0 Å². The van der Waals surface area contributed by atoms with E-state index in [4.69, 9.17) is 0 Å². The van der Waals surface area contributed by atoms with Crippen LogP contribution >= 0.6 is 0 Å². The first-order valence-corrected chi connectivity index (χ1v) is 7.34. The van der Waals surface area contributed by atoms with Crippen molar-refractivity contribution in [2.45, 2.75) is 26.7 Å². The molecule has 0 aromatic heterocycles. The van der Waals surface area contributed by atoms with E-state index in [9.17, 15) is 27.2 Å². The van der Waals surface area contributed by atoms with Crippen molar-refractivity contribution < 1.29 is 27.2 Å². The predicted octanol–water partition coefficient (Wildman–Crippen LogP) is 4.98. The minimum Gasteiger partial charge on any atom is -0.283 e. The molecule has 0 heterocycles. The Bertz CT molecular complexity index is 689. The molecule has 0 saturated heterocycles. The third-order valence-corrected chi connectivity index (χ3v) is 3.76. The summed E-state index contributed by atoms with van der Waals surface area (Å²) in [4.78, 5) is 22.3. The van der Waals surface area contributed by atoms with Crippen LogP contribution in [0.4, 0.5) is 17.6 Å². The van der Waals surface area contributed by atoms with Crippen molar-refractivity contribution in [3.63, 3.8) is 0 Å². The topological polar surface area (TPSA) is 34.1 Å². The molecule has 0 unspecified atom stereocenters. The van der Waals surface area contributed by atoms with Crippen molar-refractivity contribution in [1.29, 1.82) is 0 Å². The second-order valence-corrected chi connectivity index (χ2v) is 5.20. The molecule has 0 spiro atoms. The largest absolute Gasteiger partial charge is 0.283 e. The lowest BCUT2D eigenvalue weighted by Gasteiger charge is -2.17. The van der Waals surface area contributed by atoms with Crippen LogP contribution in [0.5, 0.6) is 0 Å². The molecule has 0 fully saturated rings. The highest BCUT2D eigenvalue weighted by Gasteiger charge is 2.25. The molecule has 24 heavy (non-hydrogen) atoms. The van der Waals surface area contributed by atoms with Gasteiger partial charge in [-0.05, 0) is 59.4 Å². The molecule has 6 heteroatoms. The first kappa shape index (κ1) is 17.8. The Hall–Kier alpha value is -2.50. The Kier molecular flexibility index (Phi) is 5.17. The Balaban J connectivity index is 2.69. The highest BCUT2D eigenvalue weighted by molar-refractivity contribution is 6.08. The summed E-state index contributed by atoms with van der Waals surface area (Å²) in [5, 5.41) is 0. The average molecular weight is 338 g/mol. The van der Waals surface area contributed by atoms with Gasteiger partial charge in [0.15, 0.2) is 23.3 Å². The molecule has 0 atom stereocenters. The van der Waals surface area contributed by atoms with E-state index in [0.29, 0.717) is 24.0 Å². The first-order valence-electron chi connectivity index (χ1n) is 7.34. The maximum Gasteiger partial charge on any atom is 0.249 e. The number of ketones is 2. The van der Waals surface area contributed by atoms with E-state index in [1.807, 2.05) is 0 Å². The molecular weight excluding hydrogens is 324 g/mol. The molecule has 0 bridgehead atoms. The Labute approximate surface area is 136 Å². The number of hydrogen-bond acceptors (Lipinski definition) is 2. The van der Waals surface area contributed by atoms with Gasteiger partial charge in [-0.1, -0.05) is 13.8 Å². The summed E-state index contributed by atoms with van der Waals surface area (Å²) >= 11 is 0. The fourth-order valence-corrected chi connectivity index (χ4v) is 2.65. The Morgan fingerprint density at radius 1 is 0.667 bits per heavy atom. The zero-order chi connectivity index (χ0) is 18.0. The van der Waals surface area contributed by atoms with Gasteiger partial charge in [0.05, 0.1) is 0 Å². The van der Waals surface area contributed by atoms with Gasteiger partial charge < -0.3 is 0 Å². The minimum atomic E-state index is -1.33. The van der Waals surface area contributed by atoms with Crippen molar-refractivity contribution in [3.05, 3.63) is 69.9 Å². The van der Waals surface area contributed by atoms with Crippen molar-refractivity contribution >= 4 is 11.6 Å². The summed E-state index contributed by atoms with van der Waals surface area (Å²) in [6, 6.07) is 0. The zero-order valence-electron chi connectivity index (χ0n) is 13.1. The van der Waals surface area contributed by atoms with Gasteiger partial charge in [0.25, 0.3) is 0 Å². The van der Waals surface area contributed by atoms with E-state index in [2.05, 4.69) is 0 Å². The van der Waals surface area contributed by atoms with Crippen LogP contribution in [0, 0.1) is 0 Å². The maximum absolute atomic E-state index is 13.6. The number of allylic oxidation sites excluding steroid dienone is 12. The van der Waals surface area contributed by atoms with E-state index < -0.39 is 34.9 Å². The second kappa shape index (κ2) is 6.95. The molecule has 2 rings (SSSR count). The van der Waals surface area contributed by atoms with Gasteiger partial charge in [-0.3, -0.25) is 9.59 Å². The molecule has 0 aromatic carbocycles. The standard InChI is InChI=1S/C18H14F4O2/c1-3-11(9-5-13(19)17(23)14(20)6-9)12(4-2)10-7-15(21)18(24)16(22)8-10/h5-8H,3-4H2,1-2H3. The fraction of sp³-hybridized carbons (Fsp3) is 0.222. The van der Waals surface area contributed by atoms with E-state index in [0.717, 1.165) is 24.3 Å². The Morgan fingerprint density at radius 2 is 0.917 bits per heavy atom. The molecule has 2 nitrogen and oxygen atoms in total. The van der Waals surface area contributed by atoms with Crippen LogP contribution in [0.3, 0.4) is 0 Å². The molecular formula is C18H14F4O2. The number of rotatable bonds is 3. The van der Waals surface area contributed by atoms with Crippen LogP contribution in [0.1, 0.15) is 26.7 Å². The average Bonchev–Trinajstić information content (AvgIpc) is 2.54. The number of carbonyl (C=O) groups excluding carboxylic acids is 2. The third kappa shape index (κ3) is 3.22. The molecule has 0 amide bonds. The lowest BCUT2D eigenvalue weighted by atomic mass is 9.88. The number of hydrogen-bond donors (Lipinski definition) is 0. The number of carbonyl (C=O) groups is 2. The van der Waals surface area contributed by atoms with E-state index >= 15 is 0 Å². The number of halogens is 4. The van der Waals surface area contributed by atoms with E-state index in [1.54, 1.807) is 13.8 Å². The van der Waals surface area contributed by atoms with E-state index in [-0.39, 0.29) is 11.1 Å².